The predicted octanol–water partition coefficient (Wildman–Crippen LogP) is 1.91. The summed E-state index contributed by atoms with van der Waals surface area (Å²) in [7, 11) is 3.64. The maximum Gasteiger partial charge on any atom is 0.490 e. The SMILES string of the molecule is Cc1cc(C)cc(CN2C[C@@H]3OCCN(CC(=O)N(C)C)[C@@H]3C2)c1.O=C(O)C(F)(F)F. The maximum atomic E-state index is 12.1. The molecule has 7 nitrogen and oxygen atoms in total. The molecule has 2 aliphatic heterocycles. The summed E-state index contributed by atoms with van der Waals surface area (Å²) in [5.74, 6) is -2.59. The number of halogens is 3. The molecule has 10 heteroatoms. The summed E-state index contributed by atoms with van der Waals surface area (Å²) < 4.78 is 37.7. The van der Waals surface area contributed by atoms with Gasteiger partial charge in [-0.25, -0.2) is 4.79 Å². The van der Waals surface area contributed by atoms with E-state index in [9.17, 15) is 18.0 Å². The Kier molecular flexibility index (Phi) is 8.44. The van der Waals surface area contributed by atoms with Gasteiger partial charge in [0.1, 0.15) is 0 Å². The number of ether oxygens (including phenoxy) is 1. The molecule has 0 aliphatic carbocycles. The van der Waals surface area contributed by atoms with Crippen LogP contribution in [0.25, 0.3) is 0 Å². The minimum absolute atomic E-state index is 0.170. The van der Waals surface area contributed by atoms with Crippen LogP contribution in [0.5, 0.6) is 0 Å². The Hall–Kier alpha value is -2.17. The van der Waals surface area contributed by atoms with Gasteiger partial charge in [-0.3, -0.25) is 14.6 Å². The molecular formula is C21H30F3N3O4. The van der Waals surface area contributed by atoms with Crippen molar-refractivity contribution < 1.29 is 32.6 Å². The average Bonchev–Trinajstić information content (AvgIpc) is 3.03. The first-order valence-corrected chi connectivity index (χ1v) is 10.0. The van der Waals surface area contributed by atoms with Gasteiger partial charge in [0.2, 0.25) is 5.91 Å². The molecule has 0 unspecified atom stereocenters. The number of fused-ring (bicyclic) bond motifs is 1. The molecule has 2 saturated heterocycles. The molecule has 2 heterocycles. The first kappa shape index (κ1) is 25.1. The van der Waals surface area contributed by atoms with Gasteiger partial charge in [0.15, 0.2) is 0 Å². The number of rotatable bonds is 4. The summed E-state index contributed by atoms with van der Waals surface area (Å²) in [5, 5.41) is 7.12. The van der Waals surface area contributed by atoms with Crippen LogP contribution in [-0.4, -0.2) is 96.9 Å². The number of hydrogen-bond acceptors (Lipinski definition) is 5. The van der Waals surface area contributed by atoms with E-state index < -0.39 is 12.1 Å². The first-order chi connectivity index (χ1) is 14.4. The van der Waals surface area contributed by atoms with Crippen molar-refractivity contribution in [3.8, 4) is 0 Å². The number of nitrogens with zero attached hydrogens (tertiary/aromatic N) is 3. The van der Waals surface area contributed by atoms with Gasteiger partial charge in [-0.2, -0.15) is 13.2 Å². The topological polar surface area (TPSA) is 73.3 Å². The zero-order valence-electron chi connectivity index (χ0n) is 18.3. The normalized spacial score (nSPS) is 21.8. The van der Waals surface area contributed by atoms with E-state index in [2.05, 4.69) is 41.8 Å². The first-order valence-electron chi connectivity index (χ1n) is 10.0. The van der Waals surface area contributed by atoms with Crippen molar-refractivity contribution in [2.24, 2.45) is 0 Å². The van der Waals surface area contributed by atoms with Crippen LogP contribution < -0.4 is 0 Å². The number of aliphatic carboxylic acids is 1. The number of carboxylic acids is 1. The van der Waals surface area contributed by atoms with Gasteiger partial charge in [-0.05, 0) is 19.4 Å². The number of hydrogen-bond donors (Lipinski definition) is 1. The Balaban J connectivity index is 0.000000423. The highest BCUT2D eigenvalue weighted by Crippen LogP contribution is 2.24. The molecule has 1 N–H and O–H groups in total. The highest BCUT2D eigenvalue weighted by atomic mass is 19.4. The van der Waals surface area contributed by atoms with Crippen molar-refractivity contribution in [3.63, 3.8) is 0 Å². The lowest BCUT2D eigenvalue weighted by Crippen LogP contribution is -2.53. The van der Waals surface area contributed by atoms with E-state index in [1.165, 1.54) is 16.7 Å². The Morgan fingerprint density at radius 1 is 1.16 bits per heavy atom. The number of amides is 1. The number of carbonyl (C=O) groups is 2. The van der Waals surface area contributed by atoms with Gasteiger partial charge in [0, 0.05) is 40.3 Å². The number of likely N-dealkylation sites (N-methyl/N-ethyl adjacent to an activating group) is 1. The smallest absolute Gasteiger partial charge is 0.475 e. The van der Waals surface area contributed by atoms with Crippen LogP contribution >= 0.6 is 0 Å². The third kappa shape index (κ3) is 7.48. The van der Waals surface area contributed by atoms with Crippen molar-refractivity contribution >= 4 is 11.9 Å². The minimum Gasteiger partial charge on any atom is -0.475 e. The van der Waals surface area contributed by atoms with Crippen molar-refractivity contribution in [2.45, 2.75) is 38.7 Å². The highest BCUT2D eigenvalue weighted by molar-refractivity contribution is 5.77. The molecule has 2 fully saturated rings. The molecular weight excluding hydrogens is 415 g/mol. The molecule has 1 amide bonds. The third-order valence-corrected chi connectivity index (χ3v) is 5.26. The number of carboxylic acid groups (broad SMARTS) is 1. The molecule has 2 atom stereocenters. The van der Waals surface area contributed by atoms with Gasteiger partial charge < -0.3 is 14.7 Å². The molecule has 31 heavy (non-hydrogen) atoms. The molecule has 3 rings (SSSR count). The van der Waals surface area contributed by atoms with E-state index in [1.54, 1.807) is 4.90 Å². The maximum absolute atomic E-state index is 12.1. The van der Waals surface area contributed by atoms with Crippen LogP contribution in [0.15, 0.2) is 18.2 Å². The van der Waals surface area contributed by atoms with Crippen molar-refractivity contribution in [1.29, 1.82) is 0 Å². The number of aryl methyl sites for hydroxylation is 2. The van der Waals surface area contributed by atoms with Crippen molar-refractivity contribution in [1.82, 2.24) is 14.7 Å². The lowest BCUT2D eigenvalue weighted by Gasteiger charge is -2.36. The van der Waals surface area contributed by atoms with Crippen LogP contribution in [0.1, 0.15) is 16.7 Å². The monoisotopic (exact) mass is 445 g/mol. The van der Waals surface area contributed by atoms with Crippen LogP contribution in [0.2, 0.25) is 0 Å². The number of morpholine rings is 1. The van der Waals surface area contributed by atoms with E-state index in [0.29, 0.717) is 12.6 Å². The Morgan fingerprint density at radius 3 is 2.26 bits per heavy atom. The zero-order valence-corrected chi connectivity index (χ0v) is 18.3. The number of alkyl halides is 3. The van der Waals surface area contributed by atoms with Gasteiger partial charge >= 0.3 is 12.1 Å². The number of benzene rings is 1. The lowest BCUT2D eigenvalue weighted by atomic mass is 10.1. The molecule has 0 aromatic heterocycles. The van der Waals surface area contributed by atoms with Crippen LogP contribution in [0, 0.1) is 13.8 Å². The minimum atomic E-state index is -5.08. The molecule has 2 aliphatic rings. The fourth-order valence-electron chi connectivity index (χ4n) is 3.89. The second kappa shape index (κ2) is 10.4. The summed E-state index contributed by atoms with van der Waals surface area (Å²) in [5.41, 5.74) is 3.99. The Morgan fingerprint density at radius 2 is 1.74 bits per heavy atom. The Bertz CT molecular complexity index is 765. The van der Waals surface area contributed by atoms with Crippen LogP contribution in [0.4, 0.5) is 13.2 Å². The second-order valence-corrected chi connectivity index (χ2v) is 8.23. The molecule has 1 aromatic rings. The van der Waals surface area contributed by atoms with Gasteiger partial charge in [0.05, 0.1) is 25.3 Å². The third-order valence-electron chi connectivity index (χ3n) is 5.26. The molecule has 0 spiro atoms. The summed E-state index contributed by atoms with van der Waals surface area (Å²) in [6.45, 7) is 9.24. The summed E-state index contributed by atoms with van der Waals surface area (Å²) in [6, 6.07) is 7.07. The van der Waals surface area contributed by atoms with E-state index in [1.807, 2.05) is 14.1 Å². The van der Waals surface area contributed by atoms with Crippen LogP contribution in [-0.2, 0) is 20.9 Å². The van der Waals surface area contributed by atoms with E-state index >= 15 is 0 Å². The van der Waals surface area contributed by atoms with E-state index in [-0.39, 0.29) is 12.0 Å². The zero-order chi connectivity index (χ0) is 23.3. The molecule has 174 valence electrons. The molecule has 0 bridgehead atoms. The number of carbonyl (C=O) groups excluding carboxylic acids is 1. The molecule has 1 aromatic carbocycles. The predicted molar refractivity (Wildman–Crippen MR) is 109 cm³/mol. The Labute approximate surface area is 180 Å². The second-order valence-electron chi connectivity index (χ2n) is 8.23. The fraction of sp³-hybridized carbons (Fsp3) is 0.619. The summed E-state index contributed by atoms with van der Waals surface area (Å²) in [4.78, 5) is 27.4. The highest BCUT2D eigenvalue weighted by Gasteiger charge is 2.40. The van der Waals surface area contributed by atoms with Gasteiger partial charge in [-0.15, -0.1) is 0 Å². The standard InChI is InChI=1S/C19H29N3O2.C2HF3O2/c1-14-7-15(2)9-16(8-14)10-21-11-17-18(12-21)24-6-5-22(17)13-19(23)20(3)4;3-2(4,5)1(6)7/h7-9,17-18H,5-6,10-13H2,1-4H3;(H,6,7)/t17-,18+;/m1./s1. The van der Waals surface area contributed by atoms with Gasteiger partial charge in [-0.1, -0.05) is 29.3 Å². The molecule has 0 saturated carbocycles. The quantitative estimate of drug-likeness (QED) is 0.764. The molecule has 0 radical (unpaired) electrons. The fourth-order valence-corrected chi connectivity index (χ4v) is 3.89. The van der Waals surface area contributed by atoms with E-state index in [4.69, 9.17) is 14.6 Å². The van der Waals surface area contributed by atoms with Crippen LogP contribution in [0.3, 0.4) is 0 Å². The summed E-state index contributed by atoms with van der Waals surface area (Å²) >= 11 is 0. The van der Waals surface area contributed by atoms with Crippen molar-refractivity contribution in [3.05, 3.63) is 34.9 Å². The largest absolute Gasteiger partial charge is 0.490 e. The summed E-state index contributed by atoms with van der Waals surface area (Å²) in [6.07, 6.45) is -4.86. The van der Waals surface area contributed by atoms with Gasteiger partial charge in [0.25, 0.3) is 0 Å². The van der Waals surface area contributed by atoms with E-state index in [0.717, 1.165) is 32.8 Å². The lowest BCUT2D eigenvalue weighted by molar-refractivity contribution is -0.192. The van der Waals surface area contributed by atoms with Crippen molar-refractivity contribution in [2.75, 3.05) is 46.9 Å². The number of likely N-dealkylation sites (tertiary alicyclic amines) is 1. The average molecular weight is 445 g/mol.